The number of nitrogens with one attached hydrogen (secondary N) is 2. The van der Waals surface area contributed by atoms with Gasteiger partial charge >= 0.3 is 5.97 Å². The fourth-order valence-electron chi connectivity index (χ4n) is 1.11. The van der Waals surface area contributed by atoms with E-state index >= 15 is 0 Å². The number of carbonyl (C=O) groups is 2. The standard InChI is InChI=1S/C10H20N2O3/c1-2-11-7-4-8-12-9(13)5-3-6-10(14)15/h11H,2-8H2,1H3,(H,12,13)(H,14,15). The topological polar surface area (TPSA) is 78.4 Å². The van der Waals surface area contributed by atoms with E-state index in [1.807, 2.05) is 6.92 Å². The highest BCUT2D eigenvalue weighted by Crippen LogP contribution is 1.94. The number of rotatable bonds is 9. The maximum atomic E-state index is 11.1. The summed E-state index contributed by atoms with van der Waals surface area (Å²) in [7, 11) is 0. The average molecular weight is 216 g/mol. The molecule has 0 aliphatic heterocycles. The van der Waals surface area contributed by atoms with Crippen molar-refractivity contribution in [3.05, 3.63) is 0 Å². The summed E-state index contributed by atoms with van der Waals surface area (Å²) in [6.45, 7) is 4.52. The zero-order valence-corrected chi connectivity index (χ0v) is 9.21. The molecule has 0 rings (SSSR count). The van der Waals surface area contributed by atoms with Crippen molar-refractivity contribution in [2.45, 2.75) is 32.6 Å². The van der Waals surface area contributed by atoms with Gasteiger partial charge < -0.3 is 15.7 Å². The summed E-state index contributed by atoms with van der Waals surface area (Å²) in [5.41, 5.74) is 0. The zero-order chi connectivity index (χ0) is 11.5. The molecule has 5 heteroatoms. The Morgan fingerprint density at radius 3 is 2.47 bits per heavy atom. The quantitative estimate of drug-likeness (QED) is 0.486. The Bertz CT molecular complexity index is 195. The van der Waals surface area contributed by atoms with E-state index in [-0.39, 0.29) is 12.3 Å². The Morgan fingerprint density at radius 1 is 1.13 bits per heavy atom. The second-order valence-electron chi connectivity index (χ2n) is 3.30. The van der Waals surface area contributed by atoms with Crippen LogP contribution >= 0.6 is 0 Å². The largest absolute Gasteiger partial charge is 0.481 e. The van der Waals surface area contributed by atoms with Crippen molar-refractivity contribution in [3.63, 3.8) is 0 Å². The number of carbonyl (C=O) groups excluding carboxylic acids is 1. The van der Waals surface area contributed by atoms with Gasteiger partial charge in [-0.05, 0) is 25.9 Å². The predicted octanol–water partition coefficient (Wildman–Crippen LogP) is 0.357. The molecule has 0 saturated heterocycles. The minimum atomic E-state index is -0.852. The maximum absolute atomic E-state index is 11.1. The number of carboxylic acid groups (broad SMARTS) is 1. The van der Waals surface area contributed by atoms with Crippen LogP contribution in [0.4, 0.5) is 0 Å². The fraction of sp³-hybridized carbons (Fsp3) is 0.800. The van der Waals surface area contributed by atoms with Gasteiger partial charge in [0.25, 0.3) is 0 Å². The van der Waals surface area contributed by atoms with Crippen molar-refractivity contribution >= 4 is 11.9 Å². The summed E-state index contributed by atoms with van der Waals surface area (Å²) in [6.07, 6.45) is 1.67. The minimum Gasteiger partial charge on any atom is -0.481 e. The molecule has 5 nitrogen and oxygen atoms in total. The van der Waals surface area contributed by atoms with Gasteiger partial charge in [0.05, 0.1) is 0 Å². The van der Waals surface area contributed by atoms with Gasteiger partial charge in [-0.1, -0.05) is 6.92 Å². The van der Waals surface area contributed by atoms with Gasteiger partial charge in [0.2, 0.25) is 5.91 Å². The fourth-order valence-corrected chi connectivity index (χ4v) is 1.11. The first-order valence-electron chi connectivity index (χ1n) is 5.36. The summed E-state index contributed by atoms with van der Waals surface area (Å²) >= 11 is 0. The lowest BCUT2D eigenvalue weighted by Gasteiger charge is -2.04. The van der Waals surface area contributed by atoms with Crippen LogP contribution in [0.1, 0.15) is 32.6 Å². The Hall–Kier alpha value is -1.10. The first-order chi connectivity index (χ1) is 7.16. The highest BCUT2D eigenvalue weighted by molar-refractivity contribution is 5.76. The van der Waals surface area contributed by atoms with Crippen LogP contribution in [0.25, 0.3) is 0 Å². The van der Waals surface area contributed by atoms with Crippen molar-refractivity contribution in [2.24, 2.45) is 0 Å². The summed E-state index contributed by atoms with van der Waals surface area (Å²) in [6, 6.07) is 0. The van der Waals surface area contributed by atoms with Crippen LogP contribution in [0.3, 0.4) is 0 Å². The van der Waals surface area contributed by atoms with Crippen LogP contribution in [-0.2, 0) is 9.59 Å². The van der Waals surface area contributed by atoms with E-state index < -0.39 is 5.97 Å². The van der Waals surface area contributed by atoms with Gasteiger partial charge in [-0.3, -0.25) is 9.59 Å². The van der Waals surface area contributed by atoms with E-state index in [4.69, 9.17) is 5.11 Å². The first kappa shape index (κ1) is 13.9. The molecule has 0 spiro atoms. The van der Waals surface area contributed by atoms with Crippen LogP contribution < -0.4 is 10.6 Å². The van der Waals surface area contributed by atoms with Gasteiger partial charge in [-0.2, -0.15) is 0 Å². The second-order valence-corrected chi connectivity index (χ2v) is 3.30. The predicted molar refractivity (Wildman–Crippen MR) is 57.7 cm³/mol. The normalized spacial score (nSPS) is 9.93. The highest BCUT2D eigenvalue weighted by Gasteiger charge is 2.02. The van der Waals surface area contributed by atoms with Gasteiger partial charge in [-0.15, -0.1) is 0 Å². The molecule has 0 unspecified atom stereocenters. The Balaban J connectivity index is 3.22. The molecule has 0 heterocycles. The molecular weight excluding hydrogens is 196 g/mol. The second kappa shape index (κ2) is 9.45. The molecule has 0 radical (unpaired) electrons. The maximum Gasteiger partial charge on any atom is 0.303 e. The van der Waals surface area contributed by atoms with E-state index in [0.29, 0.717) is 19.4 Å². The zero-order valence-electron chi connectivity index (χ0n) is 9.21. The van der Waals surface area contributed by atoms with Crippen molar-refractivity contribution in [1.29, 1.82) is 0 Å². The molecule has 0 aliphatic rings. The van der Waals surface area contributed by atoms with Crippen LogP contribution in [0.2, 0.25) is 0 Å². The third kappa shape index (κ3) is 10.8. The SMILES string of the molecule is CCNCCCNC(=O)CCCC(=O)O. The van der Waals surface area contributed by atoms with Gasteiger partial charge in [0.1, 0.15) is 0 Å². The van der Waals surface area contributed by atoms with Crippen molar-refractivity contribution in [2.75, 3.05) is 19.6 Å². The average Bonchev–Trinajstić information content (AvgIpc) is 2.17. The number of amides is 1. The molecule has 0 aromatic heterocycles. The smallest absolute Gasteiger partial charge is 0.303 e. The lowest BCUT2D eigenvalue weighted by Crippen LogP contribution is -2.27. The molecule has 0 aliphatic carbocycles. The molecule has 88 valence electrons. The molecule has 0 aromatic carbocycles. The van der Waals surface area contributed by atoms with E-state index in [1.54, 1.807) is 0 Å². The van der Waals surface area contributed by atoms with E-state index in [9.17, 15) is 9.59 Å². The van der Waals surface area contributed by atoms with Crippen molar-refractivity contribution < 1.29 is 14.7 Å². The van der Waals surface area contributed by atoms with Crippen LogP contribution in [0.15, 0.2) is 0 Å². The summed E-state index contributed by atoms with van der Waals surface area (Å²) in [4.78, 5) is 21.3. The lowest BCUT2D eigenvalue weighted by atomic mass is 10.2. The number of hydrogen-bond donors (Lipinski definition) is 3. The molecule has 1 amide bonds. The minimum absolute atomic E-state index is 0.0603. The lowest BCUT2D eigenvalue weighted by molar-refractivity contribution is -0.137. The molecule has 0 atom stereocenters. The van der Waals surface area contributed by atoms with E-state index in [0.717, 1.165) is 19.5 Å². The van der Waals surface area contributed by atoms with Crippen LogP contribution in [0.5, 0.6) is 0 Å². The molecule has 0 aromatic rings. The number of aliphatic carboxylic acids is 1. The number of carboxylic acids is 1. The first-order valence-corrected chi connectivity index (χ1v) is 5.36. The Labute approximate surface area is 90.2 Å². The monoisotopic (exact) mass is 216 g/mol. The molecule has 0 fully saturated rings. The Morgan fingerprint density at radius 2 is 1.87 bits per heavy atom. The van der Waals surface area contributed by atoms with Crippen LogP contribution in [-0.4, -0.2) is 36.6 Å². The molecular formula is C10H20N2O3. The van der Waals surface area contributed by atoms with Crippen molar-refractivity contribution in [1.82, 2.24) is 10.6 Å². The van der Waals surface area contributed by atoms with Gasteiger partial charge in [0.15, 0.2) is 0 Å². The van der Waals surface area contributed by atoms with E-state index in [1.165, 1.54) is 0 Å². The van der Waals surface area contributed by atoms with Gasteiger partial charge in [0, 0.05) is 19.4 Å². The highest BCUT2D eigenvalue weighted by atomic mass is 16.4. The molecule has 0 bridgehead atoms. The van der Waals surface area contributed by atoms with Gasteiger partial charge in [-0.25, -0.2) is 0 Å². The molecule has 0 saturated carbocycles. The third-order valence-electron chi connectivity index (χ3n) is 1.90. The van der Waals surface area contributed by atoms with Crippen LogP contribution in [0, 0.1) is 0 Å². The van der Waals surface area contributed by atoms with E-state index in [2.05, 4.69) is 10.6 Å². The summed E-state index contributed by atoms with van der Waals surface area (Å²) in [5.74, 6) is -0.914. The molecule has 15 heavy (non-hydrogen) atoms. The Kier molecular flexibility index (Phi) is 8.76. The third-order valence-corrected chi connectivity index (χ3v) is 1.90. The number of hydrogen-bond acceptors (Lipinski definition) is 3. The van der Waals surface area contributed by atoms with Crippen molar-refractivity contribution in [3.8, 4) is 0 Å². The summed E-state index contributed by atoms with van der Waals surface area (Å²) < 4.78 is 0. The summed E-state index contributed by atoms with van der Waals surface area (Å²) in [5, 5.41) is 14.3. The molecule has 3 N–H and O–H groups in total.